The van der Waals surface area contributed by atoms with Gasteiger partial charge in [0.2, 0.25) is 0 Å². The molecule has 3 aromatic rings. The molecule has 1 saturated heterocycles. The van der Waals surface area contributed by atoms with Crippen molar-refractivity contribution in [1.29, 1.82) is 0 Å². The summed E-state index contributed by atoms with van der Waals surface area (Å²) in [6, 6.07) is 15.9. The van der Waals surface area contributed by atoms with Crippen LogP contribution in [-0.2, 0) is 0 Å². The average molecular weight is 417 g/mol. The number of anilines is 1. The number of aryl methyl sites for hydroxylation is 3. The maximum atomic E-state index is 5.89. The molecule has 2 aliphatic rings. The summed E-state index contributed by atoms with van der Waals surface area (Å²) in [4.78, 5) is 6.98. The van der Waals surface area contributed by atoms with Gasteiger partial charge in [-0.2, -0.15) is 0 Å². The van der Waals surface area contributed by atoms with Crippen LogP contribution < -0.4 is 10.2 Å². The van der Waals surface area contributed by atoms with Gasteiger partial charge in [0, 0.05) is 29.3 Å². The minimum absolute atomic E-state index is 0.00710. The molecule has 0 radical (unpaired) electrons. The number of nitrogens with one attached hydrogen (secondary N) is 1. The van der Waals surface area contributed by atoms with E-state index in [-0.39, 0.29) is 12.1 Å². The van der Waals surface area contributed by atoms with Crippen LogP contribution in [0.15, 0.2) is 48.7 Å². The van der Waals surface area contributed by atoms with E-state index < -0.39 is 0 Å². The molecule has 1 aromatic carbocycles. The first-order valence-electron chi connectivity index (χ1n) is 10.7. The van der Waals surface area contributed by atoms with Crippen LogP contribution in [0.4, 0.5) is 5.69 Å². The quantitative estimate of drug-likeness (QED) is 0.559. The summed E-state index contributed by atoms with van der Waals surface area (Å²) in [5.74, 6) is 0. The highest BCUT2D eigenvalue weighted by Gasteiger charge is 2.43. The third kappa shape index (κ3) is 3.21. The van der Waals surface area contributed by atoms with Gasteiger partial charge in [0.25, 0.3) is 0 Å². The van der Waals surface area contributed by atoms with E-state index in [9.17, 15) is 0 Å². The first kappa shape index (κ1) is 19.3. The topological polar surface area (TPSA) is 33.1 Å². The molecular formula is C25H28N4S. The molecule has 0 spiro atoms. The normalized spacial score (nSPS) is 21.2. The second kappa shape index (κ2) is 7.24. The summed E-state index contributed by atoms with van der Waals surface area (Å²) in [5.41, 5.74) is 8.68. The van der Waals surface area contributed by atoms with Crippen molar-refractivity contribution >= 4 is 23.0 Å². The highest BCUT2D eigenvalue weighted by atomic mass is 32.1. The van der Waals surface area contributed by atoms with E-state index in [0.29, 0.717) is 6.04 Å². The lowest BCUT2D eigenvalue weighted by Crippen LogP contribution is -2.29. The van der Waals surface area contributed by atoms with Crippen LogP contribution in [-0.4, -0.2) is 14.7 Å². The van der Waals surface area contributed by atoms with Gasteiger partial charge in [-0.05, 0) is 99.8 Å². The Bertz CT molecular complexity index is 1090. The van der Waals surface area contributed by atoms with Gasteiger partial charge < -0.3 is 14.8 Å². The summed E-state index contributed by atoms with van der Waals surface area (Å²) in [7, 11) is 0. The van der Waals surface area contributed by atoms with Crippen molar-refractivity contribution in [1.82, 2.24) is 14.9 Å². The summed E-state index contributed by atoms with van der Waals surface area (Å²) in [6.07, 6.45) is 4.42. The highest BCUT2D eigenvalue weighted by Crippen LogP contribution is 2.46. The van der Waals surface area contributed by atoms with Crippen LogP contribution in [0.2, 0.25) is 0 Å². The van der Waals surface area contributed by atoms with Crippen molar-refractivity contribution in [3.05, 3.63) is 82.4 Å². The predicted octanol–water partition coefficient (Wildman–Crippen LogP) is 5.63. The minimum atomic E-state index is 0.00710. The molecule has 0 amide bonds. The number of hydrogen-bond donors (Lipinski definition) is 1. The Morgan fingerprint density at radius 3 is 2.37 bits per heavy atom. The molecule has 5 heteroatoms. The molecule has 3 heterocycles. The number of rotatable bonds is 4. The van der Waals surface area contributed by atoms with Crippen LogP contribution >= 0.6 is 12.2 Å². The monoisotopic (exact) mass is 416 g/mol. The fourth-order valence-electron chi connectivity index (χ4n) is 5.04. The maximum Gasteiger partial charge on any atom is 0.174 e. The highest BCUT2D eigenvalue weighted by molar-refractivity contribution is 7.80. The lowest BCUT2D eigenvalue weighted by Gasteiger charge is -2.29. The zero-order valence-electron chi connectivity index (χ0n) is 18.0. The fourth-order valence-corrected chi connectivity index (χ4v) is 5.38. The Balaban J connectivity index is 1.68. The van der Waals surface area contributed by atoms with Crippen molar-refractivity contribution in [3.63, 3.8) is 0 Å². The molecule has 30 heavy (non-hydrogen) atoms. The van der Waals surface area contributed by atoms with Crippen LogP contribution in [0, 0.1) is 27.7 Å². The van der Waals surface area contributed by atoms with Crippen LogP contribution in [0.25, 0.3) is 0 Å². The van der Waals surface area contributed by atoms with Crippen molar-refractivity contribution in [2.45, 2.75) is 58.7 Å². The molecule has 1 N–H and O–H groups in total. The molecule has 0 bridgehead atoms. The summed E-state index contributed by atoms with van der Waals surface area (Å²) >= 11 is 5.89. The van der Waals surface area contributed by atoms with Crippen LogP contribution in [0.1, 0.15) is 64.7 Å². The zero-order chi connectivity index (χ0) is 21.0. The van der Waals surface area contributed by atoms with E-state index in [2.05, 4.69) is 83.9 Å². The van der Waals surface area contributed by atoms with E-state index in [1.807, 2.05) is 12.3 Å². The smallest absolute Gasteiger partial charge is 0.174 e. The Labute approximate surface area is 183 Å². The summed E-state index contributed by atoms with van der Waals surface area (Å²) in [5, 5.41) is 4.35. The average Bonchev–Trinajstić information content (AvgIpc) is 3.41. The standard InChI is InChI=1S/C25H28N4S/c1-15-11-16(2)13-20(12-15)29-24(21-14-17(3)28(18(21)4)19-8-9-19)23(27-25(29)30)22-7-5-6-10-26-22/h5-7,10-14,19,23-24H,8-9H2,1-4H3,(H,27,30)/t23-,24+/m0/s1. The molecule has 2 atom stereocenters. The molecule has 1 aliphatic carbocycles. The Morgan fingerprint density at radius 1 is 1.00 bits per heavy atom. The third-order valence-corrected chi connectivity index (χ3v) is 6.65. The van der Waals surface area contributed by atoms with Gasteiger partial charge in [0.05, 0.1) is 17.8 Å². The van der Waals surface area contributed by atoms with Crippen LogP contribution in [0.3, 0.4) is 0 Å². The number of thiocarbonyl (C=S) groups is 1. The van der Waals surface area contributed by atoms with Crippen molar-refractivity contribution < 1.29 is 0 Å². The van der Waals surface area contributed by atoms with Gasteiger partial charge >= 0.3 is 0 Å². The molecular weight excluding hydrogens is 388 g/mol. The van der Waals surface area contributed by atoms with Crippen LogP contribution in [0.5, 0.6) is 0 Å². The zero-order valence-corrected chi connectivity index (χ0v) is 18.8. The second-order valence-electron chi connectivity index (χ2n) is 8.77. The van der Waals surface area contributed by atoms with Crippen molar-refractivity contribution in [2.75, 3.05) is 4.90 Å². The number of aromatic nitrogens is 2. The van der Waals surface area contributed by atoms with E-state index in [1.165, 1.54) is 40.9 Å². The summed E-state index contributed by atoms with van der Waals surface area (Å²) < 4.78 is 2.52. The second-order valence-corrected chi connectivity index (χ2v) is 9.16. The van der Waals surface area contributed by atoms with E-state index >= 15 is 0 Å². The van der Waals surface area contributed by atoms with Gasteiger partial charge in [-0.3, -0.25) is 4.98 Å². The Kier molecular flexibility index (Phi) is 4.66. The molecule has 2 aromatic heterocycles. The lowest BCUT2D eigenvalue weighted by molar-refractivity contribution is 0.562. The van der Waals surface area contributed by atoms with E-state index in [1.54, 1.807) is 0 Å². The van der Waals surface area contributed by atoms with Gasteiger partial charge in [-0.25, -0.2) is 0 Å². The minimum Gasteiger partial charge on any atom is -0.351 e. The molecule has 154 valence electrons. The number of pyridine rings is 1. The third-order valence-electron chi connectivity index (χ3n) is 6.34. The van der Waals surface area contributed by atoms with E-state index in [4.69, 9.17) is 12.2 Å². The fraction of sp³-hybridized carbons (Fsp3) is 0.360. The van der Waals surface area contributed by atoms with Crippen molar-refractivity contribution in [3.8, 4) is 0 Å². The number of benzene rings is 1. The Hall–Kier alpha value is -2.66. The first-order chi connectivity index (χ1) is 14.4. The molecule has 5 rings (SSSR count). The molecule has 1 saturated carbocycles. The largest absolute Gasteiger partial charge is 0.351 e. The van der Waals surface area contributed by atoms with Gasteiger partial charge in [0.1, 0.15) is 0 Å². The number of hydrogen-bond acceptors (Lipinski definition) is 2. The maximum absolute atomic E-state index is 5.89. The molecule has 1 aliphatic heterocycles. The van der Waals surface area contributed by atoms with E-state index in [0.717, 1.165) is 16.5 Å². The first-order valence-corrected chi connectivity index (χ1v) is 11.1. The van der Waals surface area contributed by atoms with Gasteiger partial charge in [-0.15, -0.1) is 0 Å². The number of nitrogens with zero attached hydrogens (tertiary/aromatic N) is 3. The van der Waals surface area contributed by atoms with Crippen molar-refractivity contribution in [2.24, 2.45) is 0 Å². The SMILES string of the molecule is Cc1cc(C)cc(N2C(=S)N[C@@H](c3ccccn3)[C@H]2c2cc(C)n(C3CC3)c2C)c1. The Morgan fingerprint density at radius 2 is 1.73 bits per heavy atom. The lowest BCUT2D eigenvalue weighted by atomic mass is 9.96. The predicted molar refractivity (Wildman–Crippen MR) is 126 cm³/mol. The summed E-state index contributed by atoms with van der Waals surface area (Å²) in [6.45, 7) is 8.78. The molecule has 0 unspecified atom stereocenters. The molecule has 2 fully saturated rings. The van der Waals surface area contributed by atoms with Gasteiger partial charge in [0.15, 0.2) is 5.11 Å². The molecule has 4 nitrogen and oxygen atoms in total. The van der Waals surface area contributed by atoms with Gasteiger partial charge in [-0.1, -0.05) is 12.1 Å².